The molecule has 1 unspecified atom stereocenters. The van der Waals surface area contributed by atoms with Gasteiger partial charge >= 0.3 is 6.18 Å². The minimum atomic E-state index is -4.49. The van der Waals surface area contributed by atoms with Crippen molar-refractivity contribution in [2.45, 2.75) is 51.1 Å². The second-order valence-corrected chi connectivity index (χ2v) is 7.27. The van der Waals surface area contributed by atoms with E-state index in [1.807, 2.05) is 0 Å². The molecule has 1 rings (SSSR count). The van der Waals surface area contributed by atoms with E-state index in [-0.39, 0.29) is 5.92 Å². The minimum absolute atomic E-state index is 0.0749. The summed E-state index contributed by atoms with van der Waals surface area (Å²) in [5.41, 5.74) is 0. The smallest absolute Gasteiger partial charge is 0.212 e. The molecule has 0 saturated heterocycles. The van der Waals surface area contributed by atoms with Gasteiger partial charge in [0.15, 0.2) is 0 Å². The molecule has 0 aromatic rings. The number of nitrogens with zero attached hydrogens (tertiary/aromatic N) is 1. The van der Waals surface area contributed by atoms with E-state index < -0.39 is 34.0 Å². The lowest BCUT2D eigenvalue weighted by molar-refractivity contribution is -0.139. The van der Waals surface area contributed by atoms with Gasteiger partial charge < -0.3 is 0 Å². The summed E-state index contributed by atoms with van der Waals surface area (Å²) in [6.45, 7) is 2.98. The van der Waals surface area contributed by atoms with E-state index in [0.29, 0.717) is 4.31 Å². The molecule has 1 aliphatic rings. The molecule has 7 heteroatoms. The summed E-state index contributed by atoms with van der Waals surface area (Å²) in [7, 11) is -3.86. The molecule has 1 saturated carbocycles. The Morgan fingerprint density at radius 2 is 1.71 bits per heavy atom. The van der Waals surface area contributed by atoms with Crippen molar-refractivity contribution in [2.24, 2.45) is 5.92 Å². The second kappa shape index (κ2) is 4.76. The molecular formula is C10H18F3NO2S. The molecule has 1 atom stereocenters. The summed E-state index contributed by atoms with van der Waals surface area (Å²) in [5, 5.41) is -0.828. The number of hydrogen-bond donors (Lipinski definition) is 0. The Labute approximate surface area is 100 Å². The van der Waals surface area contributed by atoms with Gasteiger partial charge in [0, 0.05) is 6.04 Å². The van der Waals surface area contributed by atoms with Crippen LogP contribution in [-0.2, 0) is 10.0 Å². The number of hydrogen-bond acceptors (Lipinski definition) is 2. The molecule has 3 nitrogen and oxygen atoms in total. The van der Waals surface area contributed by atoms with Crippen molar-refractivity contribution in [3.05, 3.63) is 0 Å². The fourth-order valence-corrected chi connectivity index (χ4v) is 3.23. The summed E-state index contributed by atoms with van der Waals surface area (Å²) in [4.78, 5) is 0. The Morgan fingerprint density at radius 1 is 1.24 bits per heavy atom. The van der Waals surface area contributed by atoms with Crippen molar-refractivity contribution >= 4 is 10.0 Å². The highest BCUT2D eigenvalue weighted by atomic mass is 32.2. The van der Waals surface area contributed by atoms with Crippen molar-refractivity contribution in [2.75, 3.05) is 6.54 Å². The standard InChI is InChI=1S/C10H18F3NO2S/c1-7(2)17(15,16)14(6-10(11,12)13)8(3)9-4-5-9/h7-9H,4-6H2,1-3H3. The molecule has 0 amide bonds. The van der Waals surface area contributed by atoms with E-state index in [1.165, 1.54) is 13.8 Å². The molecule has 0 aliphatic heterocycles. The molecule has 102 valence electrons. The molecule has 0 N–H and O–H groups in total. The van der Waals surface area contributed by atoms with Crippen LogP contribution in [-0.4, -0.2) is 36.7 Å². The fraction of sp³-hybridized carbons (Fsp3) is 1.00. The Morgan fingerprint density at radius 3 is 2.00 bits per heavy atom. The van der Waals surface area contributed by atoms with Crippen LogP contribution >= 0.6 is 0 Å². The van der Waals surface area contributed by atoms with Gasteiger partial charge in [-0.1, -0.05) is 0 Å². The maximum absolute atomic E-state index is 12.4. The van der Waals surface area contributed by atoms with Crippen molar-refractivity contribution in [1.82, 2.24) is 4.31 Å². The van der Waals surface area contributed by atoms with Crippen LogP contribution in [0.1, 0.15) is 33.6 Å². The van der Waals surface area contributed by atoms with Crippen molar-refractivity contribution in [3.8, 4) is 0 Å². The van der Waals surface area contributed by atoms with Gasteiger partial charge in [-0.2, -0.15) is 17.5 Å². The molecule has 1 aliphatic carbocycles. The first kappa shape index (κ1) is 14.8. The van der Waals surface area contributed by atoms with Crippen LogP contribution in [0.25, 0.3) is 0 Å². The molecule has 0 aromatic heterocycles. The van der Waals surface area contributed by atoms with Gasteiger partial charge in [0.25, 0.3) is 0 Å². The van der Waals surface area contributed by atoms with Gasteiger partial charge in [-0.15, -0.1) is 0 Å². The SMILES string of the molecule is CC(C1CC1)N(CC(F)(F)F)S(=O)(=O)C(C)C. The first-order valence-electron chi connectivity index (χ1n) is 5.63. The van der Waals surface area contributed by atoms with Crippen LogP contribution < -0.4 is 0 Å². The number of sulfonamides is 1. The predicted octanol–water partition coefficient (Wildman–Crippen LogP) is 2.39. The van der Waals surface area contributed by atoms with Crippen molar-refractivity contribution in [3.63, 3.8) is 0 Å². The first-order chi connectivity index (χ1) is 7.55. The molecular weight excluding hydrogens is 255 g/mol. The van der Waals surface area contributed by atoms with Gasteiger partial charge in [0.05, 0.1) is 5.25 Å². The summed E-state index contributed by atoms with van der Waals surface area (Å²) in [6.07, 6.45) is -2.88. The zero-order chi connectivity index (χ0) is 13.4. The zero-order valence-electron chi connectivity index (χ0n) is 10.2. The van der Waals surface area contributed by atoms with Crippen LogP contribution in [0.5, 0.6) is 0 Å². The van der Waals surface area contributed by atoms with E-state index in [0.717, 1.165) is 12.8 Å². The Kier molecular flexibility index (Phi) is 4.13. The van der Waals surface area contributed by atoms with E-state index in [4.69, 9.17) is 0 Å². The Balaban J connectivity index is 2.93. The molecule has 0 spiro atoms. The average Bonchev–Trinajstić information content (AvgIpc) is 2.94. The topological polar surface area (TPSA) is 37.4 Å². The third-order valence-corrected chi connectivity index (χ3v) is 5.32. The largest absolute Gasteiger partial charge is 0.402 e. The quantitative estimate of drug-likeness (QED) is 0.771. The third kappa shape index (κ3) is 3.84. The molecule has 0 heterocycles. The van der Waals surface area contributed by atoms with Crippen LogP contribution in [0, 0.1) is 5.92 Å². The minimum Gasteiger partial charge on any atom is -0.212 e. The van der Waals surface area contributed by atoms with Crippen molar-refractivity contribution < 1.29 is 21.6 Å². The summed E-state index contributed by atoms with van der Waals surface area (Å²) in [6, 6.07) is -0.566. The van der Waals surface area contributed by atoms with E-state index in [1.54, 1.807) is 6.92 Å². The summed E-state index contributed by atoms with van der Waals surface area (Å²) < 4.78 is 61.7. The summed E-state index contributed by atoms with van der Waals surface area (Å²) >= 11 is 0. The van der Waals surface area contributed by atoms with E-state index >= 15 is 0 Å². The van der Waals surface area contributed by atoms with Gasteiger partial charge in [0.2, 0.25) is 10.0 Å². The number of alkyl halides is 3. The third-order valence-electron chi connectivity index (χ3n) is 3.02. The predicted molar refractivity (Wildman–Crippen MR) is 59.0 cm³/mol. The lowest BCUT2D eigenvalue weighted by Gasteiger charge is -2.30. The lowest BCUT2D eigenvalue weighted by atomic mass is 10.2. The van der Waals surface area contributed by atoms with Crippen molar-refractivity contribution in [1.29, 1.82) is 0 Å². The van der Waals surface area contributed by atoms with Gasteiger partial charge in [-0.25, -0.2) is 8.42 Å². The van der Waals surface area contributed by atoms with Gasteiger partial charge in [-0.05, 0) is 39.5 Å². The van der Waals surface area contributed by atoms with Gasteiger partial charge in [0.1, 0.15) is 6.54 Å². The summed E-state index contributed by atoms with van der Waals surface area (Å²) in [5.74, 6) is 0.0749. The van der Waals surface area contributed by atoms with Gasteiger partial charge in [-0.3, -0.25) is 0 Å². The maximum Gasteiger partial charge on any atom is 0.402 e. The van der Waals surface area contributed by atoms with E-state index in [9.17, 15) is 21.6 Å². The first-order valence-corrected chi connectivity index (χ1v) is 7.13. The lowest BCUT2D eigenvalue weighted by Crippen LogP contribution is -2.47. The van der Waals surface area contributed by atoms with Crippen LogP contribution in [0.2, 0.25) is 0 Å². The molecule has 0 radical (unpaired) electrons. The number of halogens is 3. The maximum atomic E-state index is 12.4. The fourth-order valence-electron chi connectivity index (χ4n) is 1.73. The molecule has 0 bridgehead atoms. The Bertz CT molecular complexity index is 360. The molecule has 0 aromatic carbocycles. The normalized spacial score (nSPS) is 20.0. The second-order valence-electron chi connectivity index (χ2n) is 4.83. The average molecular weight is 273 g/mol. The molecule has 17 heavy (non-hydrogen) atoms. The van der Waals surface area contributed by atoms with Crippen LogP contribution in [0.3, 0.4) is 0 Å². The number of rotatable bonds is 5. The zero-order valence-corrected chi connectivity index (χ0v) is 11.0. The highest BCUT2D eigenvalue weighted by Gasteiger charge is 2.44. The monoisotopic (exact) mass is 273 g/mol. The molecule has 1 fully saturated rings. The highest BCUT2D eigenvalue weighted by molar-refractivity contribution is 7.89. The Hall–Kier alpha value is -0.300. The highest BCUT2D eigenvalue weighted by Crippen LogP contribution is 2.37. The van der Waals surface area contributed by atoms with E-state index in [2.05, 4.69) is 0 Å². The van der Waals surface area contributed by atoms with Crippen LogP contribution in [0.15, 0.2) is 0 Å². The van der Waals surface area contributed by atoms with Crippen LogP contribution in [0.4, 0.5) is 13.2 Å².